The molecule has 0 radical (unpaired) electrons. The Balaban J connectivity index is 2.55. The summed E-state index contributed by atoms with van der Waals surface area (Å²) >= 11 is 0. The molecule has 2 aromatic rings. The molecule has 0 fully saturated rings. The molecule has 0 bridgehead atoms. The van der Waals surface area contributed by atoms with Gasteiger partial charge in [0.15, 0.2) is 0 Å². The van der Waals surface area contributed by atoms with Crippen LogP contribution in [0.4, 0.5) is 0 Å². The Morgan fingerprint density at radius 1 is 0.895 bits per heavy atom. The summed E-state index contributed by atoms with van der Waals surface area (Å²) < 4.78 is 0. The molecular weight excluding hydrogens is 230 g/mol. The summed E-state index contributed by atoms with van der Waals surface area (Å²) in [5.74, 6) is 0. The van der Waals surface area contributed by atoms with E-state index in [1.54, 1.807) is 0 Å². The highest BCUT2D eigenvalue weighted by atomic mass is 14.5. The minimum atomic E-state index is 0.682. The van der Waals surface area contributed by atoms with Crippen LogP contribution in [0, 0.1) is 13.8 Å². The van der Waals surface area contributed by atoms with E-state index in [4.69, 9.17) is 5.73 Å². The summed E-state index contributed by atoms with van der Waals surface area (Å²) in [5, 5.41) is 0. The third-order valence-electron chi connectivity index (χ3n) is 3.39. The van der Waals surface area contributed by atoms with Crippen molar-refractivity contribution in [2.45, 2.75) is 20.3 Å². The van der Waals surface area contributed by atoms with Gasteiger partial charge in [0.05, 0.1) is 0 Å². The second kappa shape index (κ2) is 6.35. The minimum absolute atomic E-state index is 0.682. The van der Waals surface area contributed by atoms with Gasteiger partial charge in [0.1, 0.15) is 0 Å². The first-order valence-electron chi connectivity index (χ1n) is 6.76. The zero-order valence-corrected chi connectivity index (χ0v) is 11.7. The molecule has 0 amide bonds. The van der Waals surface area contributed by atoms with Gasteiger partial charge < -0.3 is 5.73 Å². The van der Waals surface area contributed by atoms with Crippen molar-refractivity contribution in [3.8, 4) is 0 Å². The highest BCUT2D eigenvalue weighted by Crippen LogP contribution is 2.28. The SMILES string of the molecule is Cc1ccccc1C(=CCCN)c1ccccc1C. The standard InChI is InChI=1S/C18H21N/c1-14-8-3-5-10-16(14)18(12-7-13-19)17-11-6-4-9-15(17)2/h3-6,8-12H,7,13,19H2,1-2H3. The van der Waals surface area contributed by atoms with E-state index in [9.17, 15) is 0 Å². The molecule has 98 valence electrons. The van der Waals surface area contributed by atoms with Crippen LogP contribution in [0.2, 0.25) is 0 Å². The molecular formula is C18H21N. The van der Waals surface area contributed by atoms with E-state index in [1.165, 1.54) is 27.8 Å². The lowest BCUT2D eigenvalue weighted by Crippen LogP contribution is -1.99. The van der Waals surface area contributed by atoms with E-state index in [2.05, 4.69) is 68.5 Å². The molecule has 0 aliphatic carbocycles. The Morgan fingerprint density at radius 2 is 1.37 bits per heavy atom. The number of hydrogen-bond donors (Lipinski definition) is 1. The van der Waals surface area contributed by atoms with Crippen LogP contribution >= 0.6 is 0 Å². The quantitative estimate of drug-likeness (QED) is 0.870. The van der Waals surface area contributed by atoms with Crippen LogP contribution in [-0.4, -0.2) is 6.54 Å². The van der Waals surface area contributed by atoms with Gasteiger partial charge >= 0.3 is 0 Å². The fourth-order valence-corrected chi connectivity index (χ4v) is 2.34. The molecule has 0 heterocycles. The molecule has 1 nitrogen and oxygen atoms in total. The number of benzene rings is 2. The lowest BCUT2D eigenvalue weighted by Gasteiger charge is -2.14. The molecule has 0 saturated carbocycles. The third kappa shape index (κ3) is 3.12. The van der Waals surface area contributed by atoms with E-state index < -0.39 is 0 Å². The average Bonchev–Trinajstić information content (AvgIpc) is 2.42. The molecule has 2 N–H and O–H groups in total. The summed E-state index contributed by atoms with van der Waals surface area (Å²) in [5.41, 5.74) is 12.2. The van der Waals surface area contributed by atoms with Crippen molar-refractivity contribution < 1.29 is 0 Å². The van der Waals surface area contributed by atoms with Crippen molar-refractivity contribution in [3.63, 3.8) is 0 Å². The monoisotopic (exact) mass is 251 g/mol. The summed E-state index contributed by atoms with van der Waals surface area (Å²) in [6, 6.07) is 17.0. The van der Waals surface area contributed by atoms with Crippen LogP contribution in [-0.2, 0) is 0 Å². The van der Waals surface area contributed by atoms with Gasteiger partial charge in [0, 0.05) is 0 Å². The van der Waals surface area contributed by atoms with E-state index in [1.807, 2.05) is 0 Å². The largest absolute Gasteiger partial charge is 0.330 e. The third-order valence-corrected chi connectivity index (χ3v) is 3.39. The van der Waals surface area contributed by atoms with Gasteiger partial charge in [0.25, 0.3) is 0 Å². The smallest absolute Gasteiger partial charge is 0.00423 e. The van der Waals surface area contributed by atoms with Gasteiger partial charge in [0.2, 0.25) is 0 Å². The second-order valence-corrected chi connectivity index (χ2v) is 4.82. The molecule has 0 unspecified atom stereocenters. The van der Waals surface area contributed by atoms with Crippen molar-refractivity contribution in [1.82, 2.24) is 0 Å². The fraction of sp³-hybridized carbons (Fsp3) is 0.222. The average molecular weight is 251 g/mol. The van der Waals surface area contributed by atoms with Crippen molar-refractivity contribution >= 4 is 5.57 Å². The van der Waals surface area contributed by atoms with Gasteiger partial charge in [-0.15, -0.1) is 0 Å². The first-order valence-corrected chi connectivity index (χ1v) is 6.76. The lowest BCUT2D eigenvalue weighted by atomic mass is 9.91. The summed E-state index contributed by atoms with van der Waals surface area (Å²) in [7, 11) is 0. The number of rotatable bonds is 4. The number of aryl methyl sites for hydroxylation is 2. The van der Waals surface area contributed by atoms with E-state index in [0.29, 0.717) is 6.54 Å². The Hall–Kier alpha value is -1.86. The normalized spacial score (nSPS) is 10.3. The molecule has 0 aliphatic rings. The molecule has 19 heavy (non-hydrogen) atoms. The first-order chi connectivity index (χ1) is 9.24. The van der Waals surface area contributed by atoms with Crippen LogP contribution in [0.15, 0.2) is 54.6 Å². The summed E-state index contributed by atoms with van der Waals surface area (Å²) in [6.07, 6.45) is 3.16. The van der Waals surface area contributed by atoms with Crippen molar-refractivity contribution in [2.75, 3.05) is 6.54 Å². The van der Waals surface area contributed by atoms with Crippen LogP contribution in [0.1, 0.15) is 28.7 Å². The molecule has 0 atom stereocenters. The van der Waals surface area contributed by atoms with Crippen LogP contribution in [0.3, 0.4) is 0 Å². The highest BCUT2D eigenvalue weighted by Gasteiger charge is 2.08. The summed E-state index contributed by atoms with van der Waals surface area (Å²) in [6.45, 7) is 5.00. The van der Waals surface area contributed by atoms with E-state index in [-0.39, 0.29) is 0 Å². The maximum Gasteiger partial charge on any atom is -0.00423 e. The van der Waals surface area contributed by atoms with Crippen molar-refractivity contribution in [1.29, 1.82) is 0 Å². The number of nitrogens with two attached hydrogens (primary N) is 1. The zero-order chi connectivity index (χ0) is 13.7. The van der Waals surface area contributed by atoms with Gasteiger partial charge in [-0.3, -0.25) is 0 Å². The highest BCUT2D eigenvalue weighted by molar-refractivity contribution is 5.82. The molecule has 2 rings (SSSR count). The van der Waals surface area contributed by atoms with Crippen molar-refractivity contribution in [3.05, 3.63) is 76.9 Å². The van der Waals surface area contributed by atoms with Gasteiger partial charge in [-0.2, -0.15) is 0 Å². The molecule has 0 aliphatic heterocycles. The van der Waals surface area contributed by atoms with Crippen LogP contribution in [0.25, 0.3) is 5.57 Å². The van der Waals surface area contributed by atoms with E-state index in [0.717, 1.165) is 6.42 Å². The molecule has 0 spiro atoms. The van der Waals surface area contributed by atoms with E-state index >= 15 is 0 Å². The number of hydrogen-bond acceptors (Lipinski definition) is 1. The van der Waals surface area contributed by atoms with Crippen LogP contribution in [0.5, 0.6) is 0 Å². The minimum Gasteiger partial charge on any atom is -0.330 e. The maximum atomic E-state index is 5.66. The van der Waals surface area contributed by atoms with Gasteiger partial charge in [-0.1, -0.05) is 54.6 Å². The predicted octanol–water partition coefficient (Wildman–Crippen LogP) is 4.08. The van der Waals surface area contributed by atoms with Gasteiger partial charge in [-0.05, 0) is 54.6 Å². The lowest BCUT2D eigenvalue weighted by molar-refractivity contribution is 1.01. The second-order valence-electron chi connectivity index (χ2n) is 4.82. The Morgan fingerprint density at radius 3 is 1.79 bits per heavy atom. The first kappa shape index (κ1) is 13.6. The fourth-order valence-electron chi connectivity index (χ4n) is 2.34. The predicted molar refractivity (Wildman–Crippen MR) is 83.1 cm³/mol. The van der Waals surface area contributed by atoms with Crippen molar-refractivity contribution in [2.24, 2.45) is 5.73 Å². The maximum absolute atomic E-state index is 5.66. The Bertz CT molecular complexity index is 534. The Kier molecular flexibility index (Phi) is 4.53. The molecule has 1 heteroatoms. The van der Waals surface area contributed by atoms with Crippen LogP contribution < -0.4 is 5.73 Å². The Labute approximate surface area is 115 Å². The molecule has 2 aromatic carbocycles. The summed E-state index contributed by atoms with van der Waals surface area (Å²) in [4.78, 5) is 0. The van der Waals surface area contributed by atoms with Gasteiger partial charge in [-0.25, -0.2) is 0 Å². The molecule has 0 saturated heterocycles. The molecule has 0 aromatic heterocycles. The topological polar surface area (TPSA) is 26.0 Å². The zero-order valence-electron chi connectivity index (χ0n) is 11.7.